The van der Waals surface area contributed by atoms with Gasteiger partial charge in [0, 0.05) is 38.0 Å². The minimum Gasteiger partial charge on any atom is -0.324 e. The van der Waals surface area contributed by atoms with Gasteiger partial charge >= 0.3 is 6.18 Å². The van der Waals surface area contributed by atoms with E-state index in [0.717, 1.165) is 0 Å². The number of nitrogens with zero attached hydrogens (tertiary/aromatic N) is 4. The highest BCUT2D eigenvalue weighted by Crippen LogP contribution is 2.33. The number of rotatable bonds is 5. The third-order valence-electron chi connectivity index (χ3n) is 3.05. The monoisotopic (exact) mass is 318 g/mol. The quantitative estimate of drug-likeness (QED) is 0.832. The Morgan fingerprint density at radius 1 is 1.33 bits per heavy atom. The van der Waals surface area contributed by atoms with E-state index in [9.17, 15) is 17.4 Å². The van der Waals surface area contributed by atoms with E-state index in [2.05, 4.69) is 4.98 Å². The summed E-state index contributed by atoms with van der Waals surface area (Å²) in [6.07, 6.45) is -3.71. The van der Waals surface area contributed by atoms with Crippen LogP contribution in [0.2, 0.25) is 0 Å². The molecule has 0 aliphatic carbocycles. The molecule has 9 heteroatoms. The number of halogens is 3. The molecular formula is C12H13F3N4OS. The zero-order valence-electron chi connectivity index (χ0n) is 11.4. The van der Waals surface area contributed by atoms with Crippen molar-refractivity contribution in [3.8, 4) is 12.1 Å². The second-order valence-electron chi connectivity index (χ2n) is 4.64. The predicted molar refractivity (Wildman–Crippen MR) is 68.2 cm³/mol. The highest BCUT2D eigenvalue weighted by Gasteiger charge is 2.38. The van der Waals surface area contributed by atoms with E-state index >= 15 is 0 Å². The van der Waals surface area contributed by atoms with Crippen LogP contribution in [0, 0.1) is 28.1 Å². The molecule has 114 valence electrons. The smallest absolute Gasteiger partial charge is 0.324 e. The number of alkyl halides is 3. The maximum Gasteiger partial charge on any atom is 0.389 e. The summed E-state index contributed by atoms with van der Waals surface area (Å²) in [5.74, 6) is 0. The lowest BCUT2D eigenvalue weighted by Crippen LogP contribution is -2.24. The fourth-order valence-electron chi connectivity index (χ4n) is 1.83. The molecule has 0 aromatic carbocycles. The van der Waals surface area contributed by atoms with Crippen molar-refractivity contribution < 1.29 is 17.4 Å². The molecule has 0 amide bonds. The Morgan fingerprint density at radius 2 is 1.90 bits per heavy atom. The average Bonchev–Trinajstić information content (AvgIpc) is 2.75. The van der Waals surface area contributed by atoms with Crippen LogP contribution < -0.4 is 0 Å². The third-order valence-corrected chi connectivity index (χ3v) is 3.94. The van der Waals surface area contributed by atoms with Crippen LogP contribution in [0.3, 0.4) is 0 Å². The number of aromatic nitrogens is 2. The highest BCUT2D eigenvalue weighted by molar-refractivity contribution is 7.84. The van der Waals surface area contributed by atoms with Gasteiger partial charge in [-0.1, -0.05) is 0 Å². The predicted octanol–water partition coefficient (Wildman–Crippen LogP) is 2.08. The van der Waals surface area contributed by atoms with Crippen molar-refractivity contribution in [2.45, 2.75) is 30.6 Å². The van der Waals surface area contributed by atoms with Crippen molar-refractivity contribution in [1.82, 2.24) is 9.55 Å². The number of hydrogen-bond acceptors (Lipinski definition) is 4. The molecular weight excluding hydrogens is 305 g/mol. The lowest BCUT2D eigenvalue weighted by Gasteiger charge is -2.19. The molecule has 1 aromatic heterocycles. The van der Waals surface area contributed by atoms with Gasteiger partial charge in [0.2, 0.25) is 0 Å². The van der Waals surface area contributed by atoms with E-state index in [0.29, 0.717) is 5.69 Å². The van der Waals surface area contributed by atoms with Crippen LogP contribution in [0.4, 0.5) is 13.2 Å². The summed E-state index contributed by atoms with van der Waals surface area (Å²) >= 11 is 0. The molecule has 0 aliphatic heterocycles. The first-order chi connectivity index (χ1) is 9.64. The van der Waals surface area contributed by atoms with Crippen molar-refractivity contribution in [3.63, 3.8) is 0 Å². The van der Waals surface area contributed by atoms with Crippen LogP contribution in [0.1, 0.15) is 18.5 Å². The van der Waals surface area contributed by atoms with Gasteiger partial charge in [-0.25, -0.2) is 4.98 Å². The van der Waals surface area contributed by atoms with Crippen molar-refractivity contribution >= 4 is 10.8 Å². The minimum absolute atomic E-state index is 0.198. The zero-order valence-corrected chi connectivity index (χ0v) is 12.3. The first-order valence-corrected chi connectivity index (χ1v) is 7.43. The van der Waals surface area contributed by atoms with Crippen molar-refractivity contribution in [2.24, 2.45) is 12.5 Å². The van der Waals surface area contributed by atoms with Gasteiger partial charge in [-0.3, -0.25) is 4.21 Å². The molecule has 0 fully saturated rings. The number of nitriles is 2. The molecule has 1 heterocycles. The number of imidazole rings is 1. The summed E-state index contributed by atoms with van der Waals surface area (Å²) < 4.78 is 49.8. The maximum absolute atomic E-state index is 12.3. The summed E-state index contributed by atoms with van der Waals surface area (Å²) in [5, 5.41) is 18.5. The van der Waals surface area contributed by atoms with Crippen molar-refractivity contribution in [3.05, 3.63) is 11.9 Å². The Morgan fingerprint density at radius 3 is 2.29 bits per heavy atom. The fourth-order valence-corrected chi connectivity index (χ4v) is 2.53. The third kappa shape index (κ3) is 4.30. The molecule has 0 bridgehead atoms. The normalized spacial score (nSPS) is 13.5. The van der Waals surface area contributed by atoms with Gasteiger partial charge in [-0.2, -0.15) is 23.7 Å². The molecule has 0 saturated carbocycles. The molecule has 0 spiro atoms. The minimum atomic E-state index is -4.43. The summed E-state index contributed by atoms with van der Waals surface area (Å²) in [7, 11) is 0.180. The molecule has 0 aliphatic rings. The van der Waals surface area contributed by atoms with Gasteiger partial charge in [0.1, 0.15) is 5.41 Å². The Labute approximate surface area is 122 Å². The Balaban J connectivity index is 3.02. The molecule has 5 nitrogen and oxygen atoms in total. The van der Waals surface area contributed by atoms with Crippen LogP contribution in [0.5, 0.6) is 0 Å². The van der Waals surface area contributed by atoms with Gasteiger partial charge in [-0.15, -0.1) is 0 Å². The summed E-state index contributed by atoms with van der Waals surface area (Å²) in [5.41, 5.74) is -1.39. The molecule has 21 heavy (non-hydrogen) atoms. The molecule has 0 radical (unpaired) electrons. The van der Waals surface area contributed by atoms with Crippen LogP contribution in [-0.4, -0.2) is 26.2 Å². The SMILES string of the molecule is Cn1c(CC(C#N)(C#N)CCC(F)(F)F)cnc1S(C)=O. The van der Waals surface area contributed by atoms with Crippen LogP contribution >= 0.6 is 0 Å². The molecule has 0 N–H and O–H groups in total. The fraction of sp³-hybridized carbons (Fsp3) is 0.583. The lowest BCUT2D eigenvalue weighted by molar-refractivity contribution is -0.138. The van der Waals surface area contributed by atoms with Gasteiger partial charge in [0.15, 0.2) is 5.16 Å². The summed E-state index contributed by atoms with van der Waals surface area (Å²) in [4.78, 5) is 3.90. The van der Waals surface area contributed by atoms with Crippen molar-refractivity contribution in [1.29, 1.82) is 10.5 Å². The molecule has 0 saturated heterocycles. The standard InChI is InChI=1S/C12H13F3N4OS/c1-19-9(6-18-10(19)21(2)20)5-11(7-16,8-17)3-4-12(13,14)15/h6H,3-5H2,1-2H3. The first kappa shape index (κ1) is 17.2. The van der Waals surface area contributed by atoms with E-state index in [4.69, 9.17) is 10.5 Å². The zero-order chi connectivity index (χ0) is 16.3. The molecule has 1 atom stereocenters. The van der Waals surface area contributed by atoms with Gasteiger partial charge in [-0.05, 0) is 6.42 Å². The van der Waals surface area contributed by atoms with Gasteiger partial charge in [0.25, 0.3) is 0 Å². The summed E-state index contributed by atoms with van der Waals surface area (Å²) in [6, 6.07) is 3.35. The Kier molecular flexibility index (Phi) is 5.13. The second-order valence-corrected chi connectivity index (χ2v) is 5.92. The summed E-state index contributed by atoms with van der Waals surface area (Å²) in [6.45, 7) is 0. The van der Waals surface area contributed by atoms with Gasteiger partial charge in [0.05, 0.1) is 22.9 Å². The van der Waals surface area contributed by atoms with Crippen molar-refractivity contribution in [2.75, 3.05) is 6.26 Å². The highest BCUT2D eigenvalue weighted by atomic mass is 32.2. The maximum atomic E-state index is 12.3. The van der Waals surface area contributed by atoms with Gasteiger partial charge < -0.3 is 4.57 Å². The van der Waals surface area contributed by atoms with Crippen LogP contribution in [0.25, 0.3) is 0 Å². The topological polar surface area (TPSA) is 82.5 Å². The van der Waals surface area contributed by atoms with E-state index < -0.39 is 35.2 Å². The van der Waals surface area contributed by atoms with E-state index in [1.54, 1.807) is 19.2 Å². The molecule has 1 rings (SSSR count). The average molecular weight is 318 g/mol. The number of hydrogen-bond donors (Lipinski definition) is 0. The second kappa shape index (κ2) is 6.27. The van der Waals surface area contributed by atoms with Crippen LogP contribution in [0.15, 0.2) is 11.4 Å². The molecule has 1 aromatic rings. The van der Waals surface area contributed by atoms with E-state index in [1.807, 2.05) is 0 Å². The Hall–Kier alpha value is -1.87. The van der Waals surface area contributed by atoms with Crippen LogP contribution in [-0.2, 0) is 24.3 Å². The Bertz CT molecular complexity index is 610. The molecule has 1 unspecified atom stereocenters. The lowest BCUT2D eigenvalue weighted by atomic mass is 9.82. The van der Waals surface area contributed by atoms with E-state index in [1.165, 1.54) is 17.0 Å². The first-order valence-electron chi connectivity index (χ1n) is 5.87. The largest absolute Gasteiger partial charge is 0.389 e. The van der Waals surface area contributed by atoms with E-state index in [-0.39, 0.29) is 11.6 Å².